The average molecular weight is 195 g/mol. The first-order valence-corrected chi connectivity index (χ1v) is 3.24. The summed E-state index contributed by atoms with van der Waals surface area (Å²) in [6.07, 6.45) is 0.230. The summed E-state index contributed by atoms with van der Waals surface area (Å²) >= 11 is 10.5. The Morgan fingerprint density at radius 3 is 2.45 bits per heavy atom. The molecule has 0 aliphatic carbocycles. The molecule has 0 atom stereocenters. The van der Waals surface area contributed by atoms with Crippen molar-refractivity contribution in [1.82, 2.24) is 9.97 Å². The van der Waals surface area contributed by atoms with Gasteiger partial charge in [-0.05, 0) is 11.6 Å². The summed E-state index contributed by atoms with van der Waals surface area (Å²) in [4.78, 5) is 16.5. The van der Waals surface area contributed by atoms with Crippen LogP contribution in [0.4, 0.5) is 4.39 Å². The highest BCUT2D eigenvalue weighted by atomic mass is 35.5. The minimum atomic E-state index is -1.01. The molecular formula is C5HCl2FN2O. The molecule has 0 saturated carbocycles. The lowest BCUT2D eigenvalue weighted by Gasteiger charge is -1.95. The molecule has 1 rings (SSSR count). The van der Waals surface area contributed by atoms with E-state index in [2.05, 4.69) is 9.97 Å². The van der Waals surface area contributed by atoms with Crippen LogP contribution < -0.4 is 0 Å². The molecule has 0 aromatic carbocycles. The van der Waals surface area contributed by atoms with Gasteiger partial charge in [-0.1, -0.05) is 11.6 Å². The van der Waals surface area contributed by atoms with E-state index in [-0.39, 0.29) is 22.3 Å². The predicted octanol–water partition coefficient (Wildman–Crippen LogP) is 1.74. The highest BCUT2D eigenvalue weighted by molar-refractivity contribution is 6.33. The van der Waals surface area contributed by atoms with Crippen LogP contribution in [0.25, 0.3) is 0 Å². The van der Waals surface area contributed by atoms with E-state index < -0.39 is 5.95 Å². The molecule has 1 aromatic heterocycles. The maximum absolute atomic E-state index is 12.6. The molecule has 0 amide bonds. The number of hydrogen-bond donors (Lipinski definition) is 0. The maximum atomic E-state index is 12.6. The number of rotatable bonds is 1. The second kappa shape index (κ2) is 3.11. The monoisotopic (exact) mass is 194 g/mol. The van der Waals surface area contributed by atoms with Gasteiger partial charge in [-0.25, -0.2) is 4.98 Å². The molecule has 0 fully saturated rings. The van der Waals surface area contributed by atoms with Crippen LogP contribution in [0.15, 0.2) is 0 Å². The second-order valence-corrected chi connectivity index (χ2v) is 2.30. The first-order valence-electron chi connectivity index (χ1n) is 2.49. The summed E-state index contributed by atoms with van der Waals surface area (Å²) < 4.78 is 12.6. The minimum Gasteiger partial charge on any atom is -0.298 e. The third-order valence-corrected chi connectivity index (χ3v) is 1.40. The van der Waals surface area contributed by atoms with Crippen molar-refractivity contribution in [3.63, 3.8) is 0 Å². The van der Waals surface area contributed by atoms with Gasteiger partial charge < -0.3 is 0 Å². The molecule has 0 aliphatic heterocycles. The zero-order chi connectivity index (χ0) is 8.43. The van der Waals surface area contributed by atoms with Crippen molar-refractivity contribution in [3.8, 4) is 0 Å². The average Bonchev–Trinajstić information content (AvgIpc) is 1.85. The first-order chi connectivity index (χ1) is 5.15. The van der Waals surface area contributed by atoms with Crippen molar-refractivity contribution < 1.29 is 9.18 Å². The Labute approximate surface area is 71.2 Å². The molecule has 0 saturated heterocycles. The van der Waals surface area contributed by atoms with Crippen molar-refractivity contribution in [2.75, 3.05) is 0 Å². The van der Waals surface area contributed by atoms with Gasteiger partial charge in [0, 0.05) is 0 Å². The summed E-state index contributed by atoms with van der Waals surface area (Å²) in [5.41, 5.74) is -0.379. The van der Waals surface area contributed by atoms with Crippen LogP contribution in [0.2, 0.25) is 10.4 Å². The van der Waals surface area contributed by atoms with Crippen LogP contribution in [-0.2, 0) is 0 Å². The zero-order valence-corrected chi connectivity index (χ0v) is 6.53. The van der Waals surface area contributed by atoms with Gasteiger partial charge in [-0.2, -0.15) is 9.37 Å². The molecule has 0 N–H and O–H groups in total. The van der Waals surface area contributed by atoms with Gasteiger partial charge in [-0.3, -0.25) is 4.79 Å². The summed E-state index contributed by atoms with van der Waals surface area (Å²) in [6.45, 7) is 0. The quantitative estimate of drug-likeness (QED) is 0.389. The van der Waals surface area contributed by atoms with Crippen LogP contribution in [-0.4, -0.2) is 16.3 Å². The van der Waals surface area contributed by atoms with Gasteiger partial charge in [0.05, 0.1) is 0 Å². The van der Waals surface area contributed by atoms with Crippen LogP contribution in [0.1, 0.15) is 10.4 Å². The Bertz CT molecular complexity index is 282. The van der Waals surface area contributed by atoms with E-state index in [1.807, 2.05) is 0 Å². The van der Waals surface area contributed by atoms with Crippen LogP contribution in [0.3, 0.4) is 0 Å². The van der Waals surface area contributed by atoms with E-state index in [1.165, 1.54) is 0 Å². The molecule has 1 heterocycles. The molecule has 0 radical (unpaired) electrons. The van der Waals surface area contributed by atoms with E-state index in [9.17, 15) is 9.18 Å². The van der Waals surface area contributed by atoms with Crippen molar-refractivity contribution >= 4 is 29.5 Å². The van der Waals surface area contributed by atoms with E-state index in [1.54, 1.807) is 0 Å². The maximum Gasteiger partial charge on any atom is 0.229 e. The van der Waals surface area contributed by atoms with Gasteiger partial charge >= 0.3 is 0 Å². The lowest BCUT2D eigenvalue weighted by molar-refractivity contribution is 0.111. The SMILES string of the molecule is O=Cc1c(F)nc(Cl)nc1Cl. The van der Waals surface area contributed by atoms with Crippen molar-refractivity contribution in [3.05, 3.63) is 21.9 Å². The highest BCUT2D eigenvalue weighted by Gasteiger charge is 2.10. The van der Waals surface area contributed by atoms with E-state index in [0.717, 1.165) is 0 Å². The highest BCUT2D eigenvalue weighted by Crippen LogP contribution is 2.15. The van der Waals surface area contributed by atoms with Crippen LogP contribution in [0, 0.1) is 5.95 Å². The molecule has 11 heavy (non-hydrogen) atoms. The molecule has 0 unspecified atom stereocenters. The first kappa shape index (κ1) is 8.36. The number of nitrogens with zero attached hydrogens (tertiary/aromatic N) is 2. The molecule has 0 bridgehead atoms. The van der Waals surface area contributed by atoms with E-state index >= 15 is 0 Å². The molecule has 6 heteroatoms. The largest absolute Gasteiger partial charge is 0.298 e. The molecule has 3 nitrogen and oxygen atoms in total. The fourth-order valence-electron chi connectivity index (χ4n) is 0.490. The molecule has 0 spiro atoms. The van der Waals surface area contributed by atoms with Gasteiger partial charge in [0.1, 0.15) is 10.7 Å². The number of hydrogen-bond acceptors (Lipinski definition) is 3. The number of carbonyl (C=O) groups excluding carboxylic acids is 1. The Balaban J connectivity index is 3.36. The van der Waals surface area contributed by atoms with Gasteiger partial charge in [-0.15, -0.1) is 0 Å². The Hall–Kier alpha value is -0.740. The van der Waals surface area contributed by atoms with Gasteiger partial charge in [0.25, 0.3) is 0 Å². The van der Waals surface area contributed by atoms with E-state index in [4.69, 9.17) is 23.2 Å². The smallest absolute Gasteiger partial charge is 0.229 e. The minimum absolute atomic E-state index is 0.230. The number of aromatic nitrogens is 2. The normalized spacial score (nSPS) is 9.73. The Morgan fingerprint density at radius 1 is 1.36 bits per heavy atom. The number of aldehydes is 1. The Morgan fingerprint density at radius 2 is 2.00 bits per heavy atom. The lowest BCUT2D eigenvalue weighted by atomic mass is 10.4. The lowest BCUT2D eigenvalue weighted by Crippen LogP contribution is -1.96. The van der Waals surface area contributed by atoms with Gasteiger partial charge in [0.15, 0.2) is 6.29 Å². The predicted molar refractivity (Wildman–Crippen MR) is 37.4 cm³/mol. The van der Waals surface area contributed by atoms with Crippen molar-refractivity contribution in [1.29, 1.82) is 0 Å². The third kappa shape index (κ3) is 1.64. The molecule has 1 aromatic rings. The standard InChI is InChI=1S/C5HCl2FN2O/c6-3-2(1-11)4(8)10-5(7)9-3/h1H. The van der Waals surface area contributed by atoms with Crippen LogP contribution >= 0.6 is 23.2 Å². The Kier molecular flexibility index (Phi) is 2.36. The fourth-order valence-corrected chi connectivity index (χ4v) is 0.894. The zero-order valence-electron chi connectivity index (χ0n) is 5.01. The number of carbonyl (C=O) groups is 1. The van der Waals surface area contributed by atoms with Gasteiger partial charge in [0.2, 0.25) is 11.2 Å². The summed E-state index contributed by atoms with van der Waals surface area (Å²) in [5, 5.41) is -0.601. The fraction of sp³-hybridized carbons (Fsp3) is 0. The second-order valence-electron chi connectivity index (χ2n) is 1.61. The topological polar surface area (TPSA) is 42.9 Å². The summed E-state index contributed by atoms with van der Waals surface area (Å²) in [7, 11) is 0. The summed E-state index contributed by atoms with van der Waals surface area (Å²) in [6, 6.07) is 0. The summed E-state index contributed by atoms with van der Waals surface area (Å²) in [5.74, 6) is -1.01. The van der Waals surface area contributed by atoms with E-state index in [0.29, 0.717) is 0 Å². The van der Waals surface area contributed by atoms with Crippen molar-refractivity contribution in [2.45, 2.75) is 0 Å². The van der Waals surface area contributed by atoms with Crippen molar-refractivity contribution in [2.24, 2.45) is 0 Å². The molecule has 0 aliphatic rings. The third-order valence-electron chi connectivity index (χ3n) is 0.943. The molecular weight excluding hydrogens is 194 g/mol. The molecule has 58 valence electrons. The van der Waals surface area contributed by atoms with Crippen LogP contribution in [0.5, 0.6) is 0 Å². The number of halogens is 3.